The molecule has 0 spiro atoms. The molecular formula is C8H18N4O. The molecule has 0 rings (SSSR count). The molecule has 13 heavy (non-hydrogen) atoms. The van der Waals surface area contributed by atoms with E-state index in [4.69, 9.17) is 0 Å². The van der Waals surface area contributed by atoms with Crippen LogP contribution in [0.15, 0.2) is 4.99 Å². The quantitative estimate of drug-likeness (QED) is 0.438. The Morgan fingerprint density at radius 2 is 2.08 bits per heavy atom. The van der Waals surface area contributed by atoms with E-state index in [1.54, 1.807) is 7.05 Å². The second-order valence-corrected chi connectivity index (χ2v) is 2.60. The molecule has 1 atom stereocenters. The fourth-order valence-electron chi connectivity index (χ4n) is 0.704. The van der Waals surface area contributed by atoms with Crippen LogP contribution in [0.3, 0.4) is 0 Å². The highest BCUT2D eigenvalue weighted by Gasteiger charge is 2.02. The molecule has 0 bridgehead atoms. The molecule has 5 heteroatoms. The van der Waals surface area contributed by atoms with E-state index in [2.05, 4.69) is 20.9 Å². The van der Waals surface area contributed by atoms with Crippen molar-refractivity contribution in [3.63, 3.8) is 0 Å². The van der Waals surface area contributed by atoms with Gasteiger partial charge in [0.2, 0.25) is 0 Å². The van der Waals surface area contributed by atoms with E-state index < -0.39 is 0 Å². The van der Waals surface area contributed by atoms with Crippen molar-refractivity contribution in [3.05, 3.63) is 0 Å². The van der Waals surface area contributed by atoms with Crippen molar-refractivity contribution in [2.45, 2.75) is 26.4 Å². The minimum absolute atomic E-state index is 0.0205. The van der Waals surface area contributed by atoms with Crippen LogP contribution in [-0.4, -0.2) is 32.1 Å². The maximum atomic E-state index is 10.9. The second kappa shape index (κ2) is 6.42. The Balaban J connectivity index is 4.16. The molecule has 5 nitrogen and oxygen atoms in total. The van der Waals surface area contributed by atoms with Crippen LogP contribution in [0, 0.1) is 0 Å². The fraction of sp³-hybridized carbons (Fsp3) is 0.750. The molecule has 0 aliphatic heterocycles. The van der Waals surface area contributed by atoms with Crippen LogP contribution in [0.5, 0.6) is 0 Å². The topological polar surface area (TPSA) is 65.5 Å². The fourth-order valence-corrected chi connectivity index (χ4v) is 0.704. The van der Waals surface area contributed by atoms with Crippen molar-refractivity contribution in [3.8, 4) is 0 Å². The van der Waals surface area contributed by atoms with Crippen molar-refractivity contribution in [1.29, 1.82) is 0 Å². The Morgan fingerprint density at radius 1 is 1.46 bits per heavy atom. The standard InChI is InChI=1S/C8H18N4O/c1-5-7(11-6(2)9-3)12-8(13)10-4/h6,9H,5H2,1-4H3,(H2,10,11,12,13). The van der Waals surface area contributed by atoms with Crippen molar-refractivity contribution < 1.29 is 4.79 Å². The number of urea groups is 1. The average Bonchev–Trinajstić information content (AvgIpc) is 2.16. The Hall–Kier alpha value is -1.10. The van der Waals surface area contributed by atoms with E-state index in [-0.39, 0.29) is 12.2 Å². The maximum absolute atomic E-state index is 10.9. The molecular weight excluding hydrogens is 168 g/mol. The lowest BCUT2D eigenvalue weighted by Crippen LogP contribution is -2.38. The predicted octanol–water partition coefficient (Wildman–Crippen LogP) is 0.289. The number of aliphatic imine (C=N–C) groups is 1. The minimum Gasteiger partial charge on any atom is -0.341 e. The summed E-state index contributed by atoms with van der Waals surface area (Å²) in [5, 5.41) is 8.07. The summed E-state index contributed by atoms with van der Waals surface area (Å²) in [6, 6.07) is -0.232. The van der Waals surface area contributed by atoms with Gasteiger partial charge in [0.15, 0.2) is 0 Å². The van der Waals surface area contributed by atoms with E-state index in [0.29, 0.717) is 12.3 Å². The summed E-state index contributed by atoms with van der Waals surface area (Å²) in [5.41, 5.74) is 0. The number of carbonyl (C=O) groups excluding carboxylic acids is 1. The molecule has 0 saturated heterocycles. The number of nitrogens with one attached hydrogen (secondary N) is 3. The summed E-state index contributed by atoms with van der Waals surface area (Å²) in [4.78, 5) is 15.2. The molecule has 0 fully saturated rings. The number of amides is 2. The lowest BCUT2D eigenvalue weighted by atomic mass is 10.4. The minimum atomic E-state index is -0.232. The summed E-state index contributed by atoms with van der Waals surface area (Å²) >= 11 is 0. The first-order valence-corrected chi connectivity index (χ1v) is 4.36. The van der Waals surface area contributed by atoms with Gasteiger partial charge in [-0.15, -0.1) is 0 Å². The van der Waals surface area contributed by atoms with E-state index in [1.807, 2.05) is 20.9 Å². The van der Waals surface area contributed by atoms with Crippen molar-refractivity contribution in [1.82, 2.24) is 16.0 Å². The molecule has 1 unspecified atom stereocenters. The zero-order valence-electron chi connectivity index (χ0n) is 8.64. The molecule has 0 saturated carbocycles. The third kappa shape index (κ3) is 5.19. The Labute approximate surface area is 79.0 Å². The predicted molar refractivity (Wildman–Crippen MR) is 53.8 cm³/mol. The van der Waals surface area contributed by atoms with Crippen LogP contribution in [0.25, 0.3) is 0 Å². The Morgan fingerprint density at radius 3 is 2.46 bits per heavy atom. The zero-order chi connectivity index (χ0) is 10.3. The summed E-state index contributed by atoms with van der Waals surface area (Å²) < 4.78 is 0. The first-order valence-electron chi connectivity index (χ1n) is 4.36. The van der Waals surface area contributed by atoms with Gasteiger partial charge in [-0.25, -0.2) is 4.79 Å². The number of hydrogen-bond donors (Lipinski definition) is 3. The SMILES string of the molecule is CC/C(=N/C(C)NC)NC(=O)NC. The summed E-state index contributed by atoms with van der Waals surface area (Å²) in [7, 11) is 3.39. The van der Waals surface area contributed by atoms with Gasteiger partial charge in [-0.1, -0.05) is 6.92 Å². The van der Waals surface area contributed by atoms with E-state index in [1.165, 1.54) is 0 Å². The number of carbonyl (C=O) groups is 1. The monoisotopic (exact) mass is 186 g/mol. The highest BCUT2D eigenvalue weighted by Crippen LogP contribution is 1.87. The second-order valence-electron chi connectivity index (χ2n) is 2.60. The van der Waals surface area contributed by atoms with Gasteiger partial charge in [0.25, 0.3) is 0 Å². The van der Waals surface area contributed by atoms with Crippen molar-refractivity contribution >= 4 is 11.9 Å². The highest BCUT2D eigenvalue weighted by atomic mass is 16.2. The molecule has 0 aliphatic carbocycles. The summed E-state index contributed by atoms with van der Waals surface area (Å²) in [5.74, 6) is 0.682. The third-order valence-corrected chi connectivity index (χ3v) is 1.59. The lowest BCUT2D eigenvalue weighted by Gasteiger charge is -2.09. The zero-order valence-corrected chi connectivity index (χ0v) is 8.64. The molecule has 0 aromatic carbocycles. The molecule has 0 radical (unpaired) electrons. The van der Waals surface area contributed by atoms with Gasteiger partial charge in [0.05, 0.1) is 6.17 Å². The molecule has 0 aromatic heterocycles. The number of hydrogen-bond acceptors (Lipinski definition) is 3. The van der Waals surface area contributed by atoms with Gasteiger partial charge in [0, 0.05) is 13.5 Å². The first kappa shape index (κ1) is 11.9. The molecule has 2 amide bonds. The smallest absolute Gasteiger partial charge is 0.319 e. The molecule has 0 aromatic rings. The molecule has 76 valence electrons. The van der Waals surface area contributed by atoms with Gasteiger partial charge in [-0.3, -0.25) is 15.6 Å². The van der Waals surface area contributed by atoms with Crippen LogP contribution < -0.4 is 16.0 Å². The third-order valence-electron chi connectivity index (χ3n) is 1.59. The largest absolute Gasteiger partial charge is 0.341 e. The van der Waals surface area contributed by atoms with Crippen LogP contribution in [0.4, 0.5) is 4.79 Å². The number of nitrogens with zero attached hydrogens (tertiary/aromatic N) is 1. The van der Waals surface area contributed by atoms with Gasteiger partial charge < -0.3 is 5.32 Å². The van der Waals surface area contributed by atoms with Gasteiger partial charge in [0.1, 0.15) is 5.84 Å². The van der Waals surface area contributed by atoms with Crippen LogP contribution in [-0.2, 0) is 0 Å². The van der Waals surface area contributed by atoms with E-state index in [0.717, 1.165) is 0 Å². The summed E-state index contributed by atoms with van der Waals surface area (Å²) in [6.07, 6.45) is 0.728. The normalized spacial score (nSPS) is 13.7. The van der Waals surface area contributed by atoms with Gasteiger partial charge >= 0.3 is 6.03 Å². The Kier molecular flexibility index (Phi) is 5.88. The van der Waals surface area contributed by atoms with Gasteiger partial charge in [-0.2, -0.15) is 0 Å². The number of amidine groups is 1. The van der Waals surface area contributed by atoms with Gasteiger partial charge in [-0.05, 0) is 14.0 Å². The molecule has 0 aliphatic rings. The van der Waals surface area contributed by atoms with Crippen LogP contribution in [0.2, 0.25) is 0 Å². The average molecular weight is 186 g/mol. The maximum Gasteiger partial charge on any atom is 0.319 e. The molecule has 0 heterocycles. The van der Waals surface area contributed by atoms with E-state index in [9.17, 15) is 4.79 Å². The lowest BCUT2D eigenvalue weighted by molar-refractivity contribution is 0.247. The van der Waals surface area contributed by atoms with Crippen molar-refractivity contribution in [2.75, 3.05) is 14.1 Å². The molecule has 3 N–H and O–H groups in total. The Bertz CT molecular complexity index is 191. The van der Waals surface area contributed by atoms with Crippen molar-refractivity contribution in [2.24, 2.45) is 4.99 Å². The number of rotatable bonds is 3. The summed E-state index contributed by atoms with van der Waals surface area (Å²) in [6.45, 7) is 3.86. The first-order chi connectivity index (χ1) is 6.13. The van der Waals surface area contributed by atoms with Crippen LogP contribution >= 0.6 is 0 Å². The highest BCUT2D eigenvalue weighted by molar-refractivity contribution is 5.97. The van der Waals surface area contributed by atoms with E-state index >= 15 is 0 Å². The van der Waals surface area contributed by atoms with Crippen LogP contribution in [0.1, 0.15) is 20.3 Å².